The van der Waals surface area contributed by atoms with Crippen LogP contribution in [0.1, 0.15) is 12.0 Å². The smallest absolute Gasteiger partial charge is 0.120 e. The first-order chi connectivity index (χ1) is 6.40. The fraction of sp³-hybridized carbons (Fsp3) is 0.200. The maximum absolute atomic E-state index is 10.2. The quantitative estimate of drug-likeness (QED) is 0.720. The molecule has 3 nitrogen and oxygen atoms in total. The summed E-state index contributed by atoms with van der Waals surface area (Å²) in [7, 11) is 0. The van der Waals surface area contributed by atoms with Crippen molar-refractivity contribution in [1.29, 1.82) is 0 Å². The van der Waals surface area contributed by atoms with E-state index in [-0.39, 0.29) is 0 Å². The van der Waals surface area contributed by atoms with Crippen molar-refractivity contribution < 1.29 is 4.79 Å². The highest BCUT2D eigenvalue weighted by molar-refractivity contribution is 5.78. The van der Waals surface area contributed by atoms with Crippen LogP contribution in [-0.4, -0.2) is 16.5 Å². The van der Waals surface area contributed by atoms with Crippen molar-refractivity contribution in [3.63, 3.8) is 0 Å². The predicted octanol–water partition coefficient (Wildman–Crippen LogP) is 1.69. The van der Waals surface area contributed by atoms with Crippen LogP contribution < -0.4 is 0 Å². The highest BCUT2D eigenvalue weighted by atomic mass is 16.1. The van der Waals surface area contributed by atoms with Crippen LogP contribution in [0.5, 0.6) is 0 Å². The van der Waals surface area contributed by atoms with Crippen molar-refractivity contribution in [3.8, 4) is 0 Å². The summed E-state index contributed by atoms with van der Waals surface area (Å²) in [6, 6.07) is 6.06. The molecule has 0 unspecified atom stereocenters. The molecular formula is C10H10N2O. The van der Waals surface area contributed by atoms with E-state index in [0.717, 1.165) is 23.6 Å². The molecule has 3 heteroatoms. The monoisotopic (exact) mass is 174 g/mol. The Balaban J connectivity index is 2.31. The minimum Gasteiger partial charge on any atom is -0.303 e. The van der Waals surface area contributed by atoms with Crippen molar-refractivity contribution in [3.05, 3.63) is 30.0 Å². The van der Waals surface area contributed by atoms with Gasteiger partial charge in [0.05, 0.1) is 11.7 Å². The van der Waals surface area contributed by atoms with E-state index in [2.05, 4.69) is 16.3 Å². The van der Waals surface area contributed by atoms with Gasteiger partial charge < -0.3 is 4.79 Å². The maximum atomic E-state index is 10.2. The van der Waals surface area contributed by atoms with Crippen LogP contribution in [0, 0.1) is 0 Å². The number of rotatable bonds is 3. The number of hydrogen-bond acceptors (Lipinski definition) is 2. The van der Waals surface area contributed by atoms with Crippen LogP contribution in [0.3, 0.4) is 0 Å². The molecular weight excluding hydrogens is 164 g/mol. The molecule has 0 saturated heterocycles. The van der Waals surface area contributed by atoms with Gasteiger partial charge in [-0.3, -0.25) is 5.10 Å². The highest BCUT2D eigenvalue weighted by Gasteiger charge is 1.97. The summed E-state index contributed by atoms with van der Waals surface area (Å²) < 4.78 is 0. The van der Waals surface area contributed by atoms with Gasteiger partial charge in [0, 0.05) is 11.8 Å². The van der Waals surface area contributed by atoms with Crippen molar-refractivity contribution in [2.45, 2.75) is 12.8 Å². The average Bonchev–Trinajstić information content (AvgIpc) is 2.61. The first-order valence-electron chi connectivity index (χ1n) is 4.26. The SMILES string of the molecule is O=CCCc1ccc2[nH]ncc2c1. The number of benzene rings is 1. The van der Waals surface area contributed by atoms with Crippen LogP contribution in [0.2, 0.25) is 0 Å². The topological polar surface area (TPSA) is 45.8 Å². The van der Waals surface area contributed by atoms with Crippen LogP contribution in [0.4, 0.5) is 0 Å². The van der Waals surface area contributed by atoms with Gasteiger partial charge in [-0.15, -0.1) is 0 Å². The molecule has 0 aliphatic rings. The molecule has 0 radical (unpaired) electrons. The molecule has 2 aromatic rings. The number of aryl methyl sites for hydroxylation is 1. The van der Waals surface area contributed by atoms with Gasteiger partial charge in [0.25, 0.3) is 0 Å². The lowest BCUT2D eigenvalue weighted by Crippen LogP contribution is -1.85. The average molecular weight is 174 g/mol. The fourth-order valence-corrected chi connectivity index (χ4v) is 1.37. The zero-order valence-electron chi connectivity index (χ0n) is 7.16. The molecule has 2 rings (SSSR count). The van der Waals surface area contributed by atoms with Gasteiger partial charge in [-0.25, -0.2) is 0 Å². The second-order valence-corrected chi connectivity index (χ2v) is 3.00. The van der Waals surface area contributed by atoms with Crippen molar-refractivity contribution in [2.75, 3.05) is 0 Å². The maximum Gasteiger partial charge on any atom is 0.120 e. The second-order valence-electron chi connectivity index (χ2n) is 3.00. The molecule has 0 bridgehead atoms. The molecule has 1 aromatic carbocycles. The molecule has 13 heavy (non-hydrogen) atoms. The largest absolute Gasteiger partial charge is 0.303 e. The Hall–Kier alpha value is -1.64. The first kappa shape index (κ1) is 7.98. The summed E-state index contributed by atoms with van der Waals surface area (Å²) >= 11 is 0. The summed E-state index contributed by atoms with van der Waals surface area (Å²) in [4.78, 5) is 10.2. The number of nitrogens with one attached hydrogen (secondary N) is 1. The van der Waals surface area contributed by atoms with Crippen molar-refractivity contribution in [1.82, 2.24) is 10.2 Å². The van der Waals surface area contributed by atoms with Gasteiger partial charge in [0.15, 0.2) is 0 Å². The van der Waals surface area contributed by atoms with Gasteiger partial charge in [-0.05, 0) is 24.1 Å². The third-order valence-electron chi connectivity index (χ3n) is 2.06. The zero-order valence-corrected chi connectivity index (χ0v) is 7.16. The van der Waals surface area contributed by atoms with Gasteiger partial charge >= 0.3 is 0 Å². The molecule has 0 saturated carbocycles. The Morgan fingerprint density at radius 3 is 3.23 bits per heavy atom. The number of carbonyl (C=O) groups excluding carboxylic acids is 1. The summed E-state index contributed by atoms with van der Waals surface area (Å²) in [5.41, 5.74) is 2.22. The molecule has 0 aliphatic heterocycles. The van der Waals surface area contributed by atoms with E-state index in [1.165, 1.54) is 5.56 Å². The van der Waals surface area contributed by atoms with Crippen molar-refractivity contribution in [2.24, 2.45) is 0 Å². The number of hydrogen-bond donors (Lipinski definition) is 1. The number of carbonyl (C=O) groups is 1. The molecule has 0 fully saturated rings. The lowest BCUT2D eigenvalue weighted by molar-refractivity contribution is -0.107. The third kappa shape index (κ3) is 1.59. The molecule has 0 spiro atoms. The van der Waals surface area contributed by atoms with Crippen LogP contribution >= 0.6 is 0 Å². The van der Waals surface area contributed by atoms with E-state index < -0.39 is 0 Å². The van der Waals surface area contributed by atoms with Crippen molar-refractivity contribution >= 4 is 17.2 Å². The molecule has 1 N–H and O–H groups in total. The minimum absolute atomic E-state index is 0.587. The summed E-state index contributed by atoms with van der Waals surface area (Å²) in [6.45, 7) is 0. The van der Waals surface area contributed by atoms with Gasteiger partial charge in [-0.1, -0.05) is 6.07 Å². The van der Waals surface area contributed by atoms with Gasteiger partial charge in [0.2, 0.25) is 0 Å². The molecule has 1 heterocycles. The molecule has 0 atom stereocenters. The third-order valence-corrected chi connectivity index (χ3v) is 2.06. The van der Waals surface area contributed by atoms with E-state index >= 15 is 0 Å². The zero-order chi connectivity index (χ0) is 9.10. The Morgan fingerprint density at radius 1 is 1.46 bits per heavy atom. The fourth-order valence-electron chi connectivity index (χ4n) is 1.37. The normalized spacial score (nSPS) is 10.5. The number of aromatic nitrogens is 2. The van der Waals surface area contributed by atoms with E-state index in [9.17, 15) is 4.79 Å². The van der Waals surface area contributed by atoms with E-state index in [1.807, 2.05) is 12.1 Å². The lowest BCUT2D eigenvalue weighted by atomic mass is 10.1. The van der Waals surface area contributed by atoms with Gasteiger partial charge in [-0.2, -0.15) is 5.10 Å². The van der Waals surface area contributed by atoms with E-state index in [0.29, 0.717) is 6.42 Å². The second kappa shape index (κ2) is 3.39. The minimum atomic E-state index is 0.587. The van der Waals surface area contributed by atoms with Gasteiger partial charge in [0.1, 0.15) is 6.29 Å². The summed E-state index contributed by atoms with van der Waals surface area (Å²) in [6.07, 6.45) is 4.13. The number of aldehydes is 1. The first-order valence-corrected chi connectivity index (χ1v) is 4.26. The standard InChI is InChI=1S/C10H10N2O/c13-5-1-2-8-3-4-10-9(6-8)7-11-12-10/h3-7H,1-2H2,(H,11,12). The van der Waals surface area contributed by atoms with Crippen LogP contribution in [-0.2, 0) is 11.2 Å². The number of fused-ring (bicyclic) bond motifs is 1. The molecule has 1 aromatic heterocycles. The van der Waals surface area contributed by atoms with E-state index in [4.69, 9.17) is 0 Å². The number of aromatic amines is 1. The number of nitrogens with zero attached hydrogens (tertiary/aromatic N) is 1. The lowest BCUT2D eigenvalue weighted by Gasteiger charge is -1.96. The van der Waals surface area contributed by atoms with E-state index in [1.54, 1.807) is 6.20 Å². The molecule has 66 valence electrons. The molecule has 0 amide bonds. The van der Waals surface area contributed by atoms with Crippen LogP contribution in [0.15, 0.2) is 24.4 Å². The predicted molar refractivity (Wildman–Crippen MR) is 50.5 cm³/mol. The Labute approximate surface area is 75.8 Å². The summed E-state index contributed by atoms with van der Waals surface area (Å²) in [5, 5.41) is 7.91. The highest BCUT2D eigenvalue weighted by Crippen LogP contribution is 2.13. The molecule has 0 aliphatic carbocycles. The van der Waals surface area contributed by atoms with Crippen LogP contribution in [0.25, 0.3) is 10.9 Å². The Morgan fingerprint density at radius 2 is 2.38 bits per heavy atom. The Kier molecular flexibility index (Phi) is 2.08. The summed E-state index contributed by atoms with van der Waals surface area (Å²) in [5.74, 6) is 0. The number of H-pyrrole nitrogens is 1. The Bertz CT molecular complexity index is 420.